The van der Waals surface area contributed by atoms with Crippen LogP contribution in [-0.4, -0.2) is 48.2 Å². The van der Waals surface area contributed by atoms with Crippen molar-refractivity contribution in [1.82, 2.24) is 29.3 Å². The summed E-state index contributed by atoms with van der Waals surface area (Å²) in [6.07, 6.45) is 7.10. The summed E-state index contributed by atoms with van der Waals surface area (Å²) < 4.78 is 3.55. The smallest absolute Gasteiger partial charge is 0.203 e. The summed E-state index contributed by atoms with van der Waals surface area (Å²) in [7, 11) is 3.73. The van der Waals surface area contributed by atoms with Crippen molar-refractivity contribution in [2.45, 2.75) is 19.8 Å². The van der Waals surface area contributed by atoms with E-state index in [0.29, 0.717) is 18.2 Å². The van der Waals surface area contributed by atoms with Crippen LogP contribution in [0.4, 0.5) is 5.82 Å². The summed E-state index contributed by atoms with van der Waals surface area (Å²) in [5.74, 6) is 2.14. The summed E-state index contributed by atoms with van der Waals surface area (Å²) >= 11 is 0. The van der Waals surface area contributed by atoms with Crippen molar-refractivity contribution in [2.75, 3.05) is 18.0 Å². The maximum atomic E-state index is 12.8. The minimum atomic E-state index is -0.0724. The van der Waals surface area contributed by atoms with Crippen molar-refractivity contribution in [2.24, 2.45) is 20.0 Å². The van der Waals surface area contributed by atoms with Crippen LogP contribution in [0.15, 0.2) is 18.6 Å². The molecule has 0 N–H and O–H groups in total. The highest BCUT2D eigenvalue weighted by atomic mass is 16.1. The monoisotopic (exact) mass is 339 g/mol. The molecule has 0 unspecified atom stereocenters. The van der Waals surface area contributed by atoms with E-state index < -0.39 is 0 Å². The summed E-state index contributed by atoms with van der Waals surface area (Å²) in [5.41, 5.74) is 0.819. The Hall–Kier alpha value is -2.77. The molecule has 0 saturated carbocycles. The second kappa shape index (κ2) is 5.94. The van der Waals surface area contributed by atoms with Crippen molar-refractivity contribution in [1.29, 1.82) is 0 Å². The lowest BCUT2D eigenvalue weighted by Crippen LogP contribution is -2.40. The zero-order valence-electron chi connectivity index (χ0n) is 14.7. The van der Waals surface area contributed by atoms with Crippen molar-refractivity contribution in [3.63, 3.8) is 0 Å². The first-order valence-corrected chi connectivity index (χ1v) is 8.47. The zero-order chi connectivity index (χ0) is 17.6. The van der Waals surface area contributed by atoms with Gasteiger partial charge in [0.2, 0.25) is 5.78 Å². The van der Waals surface area contributed by atoms with Crippen LogP contribution in [0.5, 0.6) is 0 Å². The van der Waals surface area contributed by atoms with Crippen LogP contribution in [0, 0.1) is 12.8 Å². The third-order valence-electron chi connectivity index (χ3n) is 4.82. The molecule has 0 spiro atoms. The Bertz CT molecular complexity index is 942. The van der Waals surface area contributed by atoms with Gasteiger partial charge in [0.05, 0.1) is 11.6 Å². The molecule has 1 aliphatic rings. The molecule has 0 amide bonds. The van der Waals surface area contributed by atoms with Crippen molar-refractivity contribution < 1.29 is 4.79 Å². The van der Waals surface area contributed by atoms with Crippen LogP contribution in [0.25, 0.3) is 11.0 Å². The van der Waals surface area contributed by atoms with Crippen molar-refractivity contribution >= 4 is 22.6 Å². The van der Waals surface area contributed by atoms with Gasteiger partial charge in [-0.1, -0.05) is 0 Å². The van der Waals surface area contributed by atoms with E-state index in [0.717, 1.165) is 36.2 Å². The van der Waals surface area contributed by atoms with E-state index in [1.807, 2.05) is 21.0 Å². The molecule has 8 nitrogen and oxygen atoms in total. The van der Waals surface area contributed by atoms with Crippen LogP contribution in [0.2, 0.25) is 0 Å². The van der Waals surface area contributed by atoms with Gasteiger partial charge in [0, 0.05) is 45.5 Å². The molecule has 130 valence electrons. The number of carbonyl (C=O) groups is 1. The van der Waals surface area contributed by atoms with E-state index >= 15 is 0 Å². The molecule has 0 aromatic carbocycles. The number of imidazole rings is 1. The van der Waals surface area contributed by atoms with Gasteiger partial charge in [-0.15, -0.1) is 0 Å². The number of carbonyl (C=O) groups excluding carboxylic acids is 1. The number of rotatable bonds is 3. The number of aryl methyl sites for hydroxylation is 3. The largest absolute Gasteiger partial charge is 0.355 e. The number of hydrogen-bond acceptors (Lipinski definition) is 6. The van der Waals surface area contributed by atoms with E-state index in [2.05, 4.69) is 25.0 Å². The van der Waals surface area contributed by atoms with Gasteiger partial charge < -0.3 is 9.47 Å². The van der Waals surface area contributed by atoms with Crippen molar-refractivity contribution in [3.05, 3.63) is 30.2 Å². The standard InChI is InChI=1S/C17H21N7O/c1-11-20-15-13(9-19-23(15)3)16(21-11)24-7-4-5-12(10-24)14(25)17-18-6-8-22(17)2/h6,8-9,12H,4-5,7,10H2,1-3H3/t12-/m1/s1. The SMILES string of the molecule is Cc1nc(N2CCC[C@@H](C(=O)c3nccn3C)C2)c2cnn(C)c2n1. The molecule has 4 heterocycles. The molecule has 3 aromatic heterocycles. The number of fused-ring (bicyclic) bond motifs is 1. The first-order valence-electron chi connectivity index (χ1n) is 8.47. The van der Waals surface area contributed by atoms with Gasteiger partial charge in [0.25, 0.3) is 0 Å². The second-order valence-electron chi connectivity index (χ2n) is 6.61. The van der Waals surface area contributed by atoms with Crippen LogP contribution >= 0.6 is 0 Å². The molecule has 1 fully saturated rings. The lowest BCUT2D eigenvalue weighted by molar-refractivity contribution is 0.0893. The predicted octanol–water partition coefficient (Wildman–Crippen LogP) is 1.50. The molecule has 25 heavy (non-hydrogen) atoms. The number of aromatic nitrogens is 6. The quantitative estimate of drug-likeness (QED) is 0.673. The highest BCUT2D eigenvalue weighted by Crippen LogP contribution is 2.29. The number of anilines is 1. The first kappa shape index (κ1) is 15.7. The summed E-state index contributed by atoms with van der Waals surface area (Å²) in [6.45, 7) is 3.41. The van der Waals surface area contributed by atoms with E-state index in [4.69, 9.17) is 0 Å². The average Bonchev–Trinajstić information content (AvgIpc) is 3.20. The Morgan fingerprint density at radius 2 is 2.12 bits per heavy atom. The Labute approximate surface area is 145 Å². The topological polar surface area (TPSA) is 81.7 Å². The van der Waals surface area contributed by atoms with Gasteiger partial charge in [0.1, 0.15) is 11.6 Å². The summed E-state index contributed by atoms with van der Waals surface area (Å²) in [4.78, 5) is 28.4. The fraction of sp³-hybridized carbons (Fsp3) is 0.471. The molecule has 8 heteroatoms. The highest BCUT2D eigenvalue weighted by molar-refractivity contribution is 5.95. The zero-order valence-corrected chi connectivity index (χ0v) is 14.7. The molecule has 1 atom stereocenters. The van der Waals surface area contributed by atoms with Gasteiger partial charge in [0.15, 0.2) is 11.5 Å². The lowest BCUT2D eigenvalue weighted by atomic mass is 9.93. The fourth-order valence-corrected chi connectivity index (χ4v) is 3.52. The first-order chi connectivity index (χ1) is 12.0. The van der Waals surface area contributed by atoms with Gasteiger partial charge in [-0.3, -0.25) is 9.48 Å². The highest BCUT2D eigenvalue weighted by Gasteiger charge is 2.30. The molecule has 1 saturated heterocycles. The maximum absolute atomic E-state index is 12.8. The Kier molecular flexibility index (Phi) is 3.74. The predicted molar refractivity (Wildman–Crippen MR) is 93.5 cm³/mol. The normalized spacial score (nSPS) is 18.0. The van der Waals surface area contributed by atoms with E-state index in [9.17, 15) is 4.79 Å². The molecule has 0 aliphatic carbocycles. The molecular weight excluding hydrogens is 318 g/mol. The average molecular weight is 339 g/mol. The van der Waals surface area contributed by atoms with E-state index in [-0.39, 0.29) is 11.7 Å². The molecule has 4 rings (SSSR count). The third-order valence-corrected chi connectivity index (χ3v) is 4.82. The molecule has 0 bridgehead atoms. The lowest BCUT2D eigenvalue weighted by Gasteiger charge is -2.33. The molecule has 3 aromatic rings. The third kappa shape index (κ3) is 2.67. The van der Waals surface area contributed by atoms with Gasteiger partial charge in [-0.25, -0.2) is 15.0 Å². The minimum absolute atomic E-state index is 0.0724. The minimum Gasteiger partial charge on any atom is -0.355 e. The molecular formula is C17H21N7O. The number of hydrogen-bond donors (Lipinski definition) is 0. The Morgan fingerprint density at radius 3 is 2.88 bits per heavy atom. The number of ketones is 1. The second-order valence-corrected chi connectivity index (χ2v) is 6.61. The van der Waals surface area contributed by atoms with E-state index in [1.165, 1.54) is 0 Å². The number of nitrogens with zero attached hydrogens (tertiary/aromatic N) is 7. The number of piperidine rings is 1. The van der Waals surface area contributed by atoms with Gasteiger partial charge >= 0.3 is 0 Å². The molecule has 1 aliphatic heterocycles. The maximum Gasteiger partial charge on any atom is 0.203 e. The van der Waals surface area contributed by atoms with E-state index in [1.54, 1.807) is 27.8 Å². The fourth-order valence-electron chi connectivity index (χ4n) is 3.52. The van der Waals surface area contributed by atoms with Crippen LogP contribution in [-0.2, 0) is 14.1 Å². The summed E-state index contributed by atoms with van der Waals surface area (Å²) in [6, 6.07) is 0. The number of Topliss-reactive ketones (excluding diaryl/α,β-unsaturated/α-hetero) is 1. The molecule has 0 radical (unpaired) electrons. The van der Waals surface area contributed by atoms with Gasteiger partial charge in [-0.05, 0) is 19.8 Å². The Morgan fingerprint density at radius 1 is 1.28 bits per heavy atom. The van der Waals surface area contributed by atoms with Crippen LogP contribution in [0.3, 0.4) is 0 Å². The van der Waals surface area contributed by atoms with Crippen LogP contribution in [0.1, 0.15) is 29.3 Å². The Balaban J connectivity index is 1.66. The van der Waals surface area contributed by atoms with Crippen LogP contribution < -0.4 is 4.90 Å². The van der Waals surface area contributed by atoms with Crippen molar-refractivity contribution in [3.8, 4) is 0 Å². The summed E-state index contributed by atoms with van der Waals surface area (Å²) in [5, 5.41) is 5.23. The van der Waals surface area contributed by atoms with Gasteiger partial charge in [-0.2, -0.15) is 5.10 Å².